The zero-order valence-electron chi connectivity index (χ0n) is 11.2. The molecule has 1 N–H and O–H groups in total. The number of rotatable bonds is 7. The maximum Gasteiger partial charge on any atom is 0.328 e. The molecule has 0 bridgehead atoms. The van der Waals surface area contributed by atoms with E-state index in [2.05, 4.69) is 5.32 Å². The first-order valence-corrected chi connectivity index (χ1v) is 6.12. The SMILES string of the molecule is CCCn1ccn(CC(=O)NC(C)COC)c1=O. The lowest BCUT2D eigenvalue weighted by Crippen LogP contribution is -2.39. The normalized spacial score (nSPS) is 12.4. The maximum atomic E-state index is 11.8. The Morgan fingerprint density at radius 1 is 1.44 bits per heavy atom. The summed E-state index contributed by atoms with van der Waals surface area (Å²) in [4.78, 5) is 23.5. The number of aryl methyl sites for hydroxylation is 1. The zero-order valence-corrected chi connectivity index (χ0v) is 11.2. The summed E-state index contributed by atoms with van der Waals surface area (Å²) in [5.74, 6) is -0.184. The van der Waals surface area contributed by atoms with Gasteiger partial charge in [-0.25, -0.2) is 4.79 Å². The van der Waals surface area contributed by atoms with Crippen LogP contribution in [0.2, 0.25) is 0 Å². The maximum absolute atomic E-state index is 11.8. The van der Waals surface area contributed by atoms with Crippen LogP contribution in [0.25, 0.3) is 0 Å². The van der Waals surface area contributed by atoms with Gasteiger partial charge in [-0.1, -0.05) is 6.92 Å². The van der Waals surface area contributed by atoms with Crippen molar-refractivity contribution in [1.29, 1.82) is 0 Å². The molecule has 0 saturated heterocycles. The second-order valence-electron chi connectivity index (χ2n) is 4.33. The Hall–Kier alpha value is -1.56. The van der Waals surface area contributed by atoms with Crippen LogP contribution < -0.4 is 11.0 Å². The Morgan fingerprint density at radius 2 is 2.11 bits per heavy atom. The standard InChI is InChI=1S/C12H21N3O3/c1-4-5-14-6-7-15(12(14)17)8-11(16)13-10(2)9-18-3/h6-7,10H,4-5,8-9H2,1-3H3,(H,13,16). The zero-order chi connectivity index (χ0) is 13.5. The molecule has 1 amide bonds. The van der Waals surface area contributed by atoms with Gasteiger partial charge in [0, 0.05) is 32.1 Å². The number of amides is 1. The highest BCUT2D eigenvalue weighted by atomic mass is 16.5. The quantitative estimate of drug-likeness (QED) is 0.757. The fourth-order valence-corrected chi connectivity index (χ4v) is 1.75. The molecule has 1 rings (SSSR count). The van der Waals surface area contributed by atoms with Crippen LogP contribution in [0, 0.1) is 0 Å². The van der Waals surface area contributed by atoms with E-state index < -0.39 is 0 Å². The summed E-state index contributed by atoms with van der Waals surface area (Å²) < 4.78 is 7.94. The molecule has 6 heteroatoms. The summed E-state index contributed by atoms with van der Waals surface area (Å²) >= 11 is 0. The number of hydrogen-bond donors (Lipinski definition) is 1. The Kier molecular flexibility index (Phi) is 5.64. The van der Waals surface area contributed by atoms with Gasteiger partial charge in [-0.3, -0.25) is 13.9 Å². The van der Waals surface area contributed by atoms with E-state index in [0.29, 0.717) is 13.2 Å². The smallest absolute Gasteiger partial charge is 0.328 e. The van der Waals surface area contributed by atoms with Gasteiger partial charge in [0.2, 0.25) is 5.91 Å². The summed E-state index contributed by atoms with van der Waals surface area (Å²) in [6, 6.07) is -0.0593. The van der Waals surface area contributed by atoms with E-state index in [9.17, 15) is 9.59 Å². The highest BCUT2D eigenvalue weighted by molar-refractivity contribution is 5.75. The van der Waals surface area contributed by atoms with E-state index in [0.717, 1.165) is 6.42 Å². The molecule has 6 nitrogen and oxygen atoms in total. The van der Waals surface area contributed by atoms with Crippen LogP contribution in [0.15, 0.2) is 17.2 Å². The van der Waals surface area contributed by atoms with Gasteiger partial charge in [-0.15, -0.1) is 0 Å². The number of aromatic nitrogens is 2. The number of nitrogens with zero attached hydrogens (tertiary/aromatic N) is 2. The van der Waals surface area contributed by atoms with Crippen molar-refractivity contribution in [2.45, 2.75) is 39.4 Å². The fraction of sp³-hybridized carbons (Fsp3) is 0.667. The minimum atomic E-state index is -0.184. The Morgan fingerprint density at radius 3 is 2.72 bits per heavy atom. The van der Waals surface area contributed by atoms with Crippen LogP contribution >= 0.6 is 0 Å². The number of methoxy groups -OCH3 is 1. The molecular weight excluding hydrogens is 234 g/mol. The molecule has 0 aliphatic rings. The molecule has 0 fully saturated rings. The minimum Gasteiger partial charge on any atom is -0.383 e. The van der Waals surface area contributed by atoms with Gasteiger partial charge >= 0.3 is 5.69 Å². The van der Waals surface area contributed by atoms with Gasteiger partial charge in [-0.05, 0) is 13.3 Å². The van der Waals surface area contributed by atoms with E-state index >= 15 is 0 Å². The number of nitrogens with one attached hydrogen (secondary N) is 1. The first kappa shape index (κ1) is 14.5. The molecule has 0 saturated carbocycles. The molecule has 102 valence electrons. The van der Waals surface area contributed by atoms with Gasteiger partial charge in [0.05, 0.1) is 6.61 Å². The first-order chi connectivity index (χ1) is 8.58. The van der Waals surface area contributed by atoms with E-state index in [4.69, 9.17) is 4.74 Å². The Bertz CT molecular complexity index is 436. The molecule has 0 aliphatic heterocycles. The van der Waals surface area contributed by atoms with Gasteiger partial charge < -0.3 is 10.1 Å². The van der Waals surface area contributed by atoms with Crippen LogP contribution in [-0.4, -0.2) is 34.8 Å². The molecule has 18 heavy (non-hydrogen) atoms. The fourth-order valence-electron chi connectivity index (χ4n) is 1.75. The molecule has 1 aromatic rings. The number of carbonyl (C=O) groups excluding carboxylic acids is 1. The van der Waals surface area contributed by atoms with Crippen LogP contribution in [0.4, 0.5) is 0 Å². The predicted octanol–water partition coefficient (Wildman–Crippen LogP) is 0.211. The van der Waals surface area contributed by atoms with Crippen molar-refractivity contribution >= 4 is 5.91 Å². The van der Waals surface area contributed by atoms with Gasteiger partial charge in [0.1, 0.15) is 6.54 Å². The molecule has 0 radical (unpaired) electrons. The van der Waals surface area contributed by atoms with E-state index in [1.54, 1.807) is 24.1 Å². The summed E-state index contributed by atoms with van der Waals surface area (Å²) in [5.41, 5.74) is -0.147. The van der Waals surface area contributed by atoms with Gasteiger partial charge in [0.15, 0.2) is 0 Å². The molecule has 1 heterocycles. The molecular formula is C12H21N3O3. The summed E-state index contributed by atoms with van der Waals surface area (Å²) in [7, 11) is 1.58. The van der Waals surface area contributed by atoms with Gasteiger partial charge in [-0.2, -0.15) is 0 Å². The number of ether oxygens (including phenoxy) is 1. The summed E-state index contributed by atoms with van der Waals surface area (Å²) in [5, 5.41) is 2.76. The number of imidazole rings is 1. The first-order valence-electron chi connectivity index (χ1n) is 6.12. The third kappa shape index (κ3) is 4.03. The lowest BCUT2D eigenvalue weighted by atomic mass is 10.3. The highest BCUT2D eigenvalue weighted by Crippen LogP contribution is 1.90. The van der Waals surface area contributed by atoms with Crippen LogP contribution in [0.3, 0.4) is 0 Å². The van der Waals surface area contributed by atoms with Crippen molar-refractivity contribution in [3.05, 3.63) is 22.9 Å². The van der Waals surface area contributed by atoms with Crippen LogP contribution in [0.1, 0.15) is 20.3 Å². The van der Waals surface area contributed by atoms with Crippen molar-refractivity contribution < 1.29 is 9.53 Å². The Labute approximate surface area is 107 Å². The third-order valence-corrected chi connectivity index (χ3v) is 2.52. The molecule has 1 aromatic heterocycles. The molecule has 0 aromatic carbocycles. The minimum absolute atomic E-state index is 0.0452. The predicted molar refractivity (Wildman–Crippen MR) is 68.5 cm³/mol. The second-order valence-corrected chi connectivity index (χ2v) is 4.33. The lowest BCUT2D eigenvalue weighted by Gasteiger charge is -2.12. The molecule has 0 aliphatic carbocycles. The molecule has 0 spiro atoms. The number of hydrogen-bond acceptors (Lipinski definition) is 3. The Balaban J connectivity index is 2.57. The van der Waals surface area contributed by atoms with Gasteiger partial charge in [0.25, 0.3) is 0 Å². The van der Waals surface area contributed by atoms with Crippen LogP contribution in [0.5, 0.6) is 0 Å². The van der Waals surface area contributed by atoms with Crippen LogP contribution in [-0.2, 0) is 22.6 Å². The van der Waals surface area contributed by atoms with E-state index in [1.165, 1.54) is 4.57 Å². The highest BCUT2D eigenvalue weighted by Gasteiger charge is 2.10. The topological polar surface area (TPSA) is 65.3 Å². The third-order valence-electron chi connectivity index (χ3n) is 2.52. The van der Waals surface area contributed by atoms with Crippen molar-refractivity contribution in [2.24, 2.45) is 0 Å². The lowest BCUT2D eigenvalue weighted by molar-refractivity contribution is -0.122. The second kappa shape index (κ2) is 7.00. The van der Waals surface area contributed by atoms with Crippen molar-refractivity contribution in [1.82, 2.24) is 14.5 Å². The van der Waals surface area contributed by atoms with E-state index in [1.807, 2.05) is 13.8 Å². The molecule has 1 atom stereocenters. The van der Waals surface area contributed by atoms with E-state index in [-0.39, 0.29) is 24.2 Å². The largest absolute Gasteiger partial charge is 0.383 e. The molecule has 1 unspecified atom stereocenters. The summed E-state index contributed by atoms with van der Waals surface area (Å²) in [6.07, 6.45) is 4.23. The average Bonchev–Trinajstić information content (AvgIpc) is 2.62. The number of carbonyl (C=O) groups is 1. The average molecular weight is 255 g/mol. The van der Waals surface area contributed by atoms with Crippen molar-refractivity contribution in [3.63, 3.8) is 0 Å². The van der Waals surface area contributed by atoms with Crippen molar-refractivity contribution in [3.8, 4) is 0 Å². The van der Waals surface area contributed by atoms with Crippen molar-refractivity contribution in [2.75, 3.05) is 13.7 Å². The monoisotopic (exact) mass is 255 g/mol. The summed E-state index contributed by atoms with van der Waals surface area (Å²) in [6.45, 7) is 5.03.